The number of hydrogen-bond acceptors (Lipinski definition) is 7. The van der Waals surface area contributed by atoms with Gasteiger partial charge in [-0.1, -0.05) is 11.3 Å². The summed E-state index contributed by atoms with van der Waals surface area (Å²) >= 11 is 8.82. The van der Waals surface area contributed by atoms with Gasteiger partial charge in [0.1, 0.15) is 12.1 Å². The van der Waals surface area contributed by atoms with Crippen molar-refractivity contribution in [2.24, 2.45) is 0 Å². The van der Waals surface area contributed by atoms with Gasteiger partial charge in [-0.2, -0.15) is 25.3 Å². The number of anilines is 1. The zero-order valence-corrected chi connectivity index (χ0v) is 16.9. The highest BCUT2D eigenvalue weighted by atomic mass is 32.2. The molecule has 0 spiro atoms. The van der Waals surface area contributed by atoms with E-state index in [0.29, 0.717) is 27.8 Å². The molecule has 0 radical (unpaired) electrons. The zero-order valence-electron chi connectivity index (χ0n) is 15.1. The summed E-state index contributed by atoms with van der Waals surface area (Å²) in [6, 6.07) is 4.81. The predicted molar refractivity (Wildman–Crippen MR) is 110 cm³/mol. The Bertz CT molecular complexity index is 1210. The van der Waals surface area contributed by atoms with E-state index in [2.05, 4.69) is 45.7 Å². The molecular formula is C17H16F3N7S2. The van der Waals surface area contributed by atoms with Crippen LogP contribution in [0.4, 0.5) is 19.1 Å². The van der Waals surface area contributed by atoms with E-state index in [1.807, 2.05) is 0 Å². The topological polar surface area (TPSA) is 86.9 Å². The van der Waals surface area contributed by atoms with Crippen molar-refractivity contribution in [2.75, 3.05) is 5.73 Å². The maximum atomic E-state index is 14.9. The number of nitrogen functional groups attached to an aromatic ring is 1. The molecule has 29 heavy (non-hydrogen) atoms. The quantitative estimate of drug-likeness (QED) is 0.328. The van der Waals surface area contributed by atoms with Gasteiger partial charge in [-0.3, -0.25) is 0 Å². The molecule has 12 heteroatoms. The number of hydrogen-bond donors (Lipinski definition) is 3. The lowest BCUT2D eigenvalue weighted by atomic mass is 10.0. The van der Waals surface area contributed by atoms with E-state index in [-0.39, 0.29) is 17.9 Å². The molecule has 7 nitrogen and oxygen atoms in total. The van der Waals surface area contributed by atoms with Gasteiger partial charge in [0.05, 0.1) is 27.0 Å². The van der Waals surface area contributed by atoms with Gasteiger partial charge >= 0.3 is 0 Å². The van der Waals surface area contributed by atoms with Crippen LogP contribution in [0.15, 0.2) is 24.4 Å². The highest BCUT2D eigenvalue weighted by molar-refractivity contribution is 8.00. The molecule has 0 fully saturated rings. The highest BCUT2D eigenvalue weighted by Crippen LogP contribution is 2.35. The van der Waals surface area contributed by atoms with E-state index in [1.54, 1.807) is 25.1 Å². The summed E-state index contributed by atoms with van der Waals surface area (Å²) in [5, 5.41) is 11.7. The summed E-state index contributed by atoms with van der Waals surface area (Å²) < 4.78 is 42.3. The third-order valence-corrected chi connectivity index (χ3v) is 4.61. The van der Waals surface area contributed by atoms with Crippen LogP contribution in [-0.4, -0.2) is 40.1 Å². The lowest BCUT2D eigenvalue weighted by Gasteiger charge is -2.17. The molecule has 152 valence electrons. The molecule has 3 heterocycles. The van der Waals surface area contributed by atoms with Crippen molar-refractivity contribution in [3.8, 4) is 11.1 Å². The molecule has 4 aromatic rings. The van der Waals surface area contributed by atoms with Gasteiger partial charge in [-0.05, 0) is 24.6 Å². The molecule has 0 unspecified atom stereocenters. The lowest BCUT2D eigenvalue weighted by Crippen LogP contribution is -2.15. The van der Waals surface area contributed by atoms with Gasteiger partial charge < -0.3 is 5.73 Å². The maximum absolute atomic E-state index is 14.9. The largest absolute Gasteiger partial charge is 0.367 e. The highest BCUT2D eigenvalue weighted by Gasteiger charge is 2.24. The predicted octanol–water partition coefficient (Wildman–Crippen LogP) is 3.25. The molecule has 0 bridgehead atoms. The van der Waals surface area contributed by atoms with Gasteiger partial charge in [0.25, 0.3) is 6.43 Å². The fourth-order valence-electron chi connectivity index (χ4n) is 3.24. The summed E-state index contributed by atoms with van der Waals surface area (Å²) in [7, 11) is 0. The average Bonchev–Trinajstić information content (AvgIpc) is 3.13. The molecule has 0 aliphatic carbocycles. The number of alkyl halides is 2. The first-order valence-electron chi connectivity index (χ1n) is 8.52. The molecule has 0 amide bonds. The molecule has 2 N–H and O–H groups in total. The Morgan fingerprint density at radius 2 is 2.03 bits per heavy atom. The monoisotopic (exact) mass is 439 g/mol. The fraction of sp³-hybridized carbons (Fsp3) is 0.294. The van der Waals surface area contributed by atoms with Crippen molar-refractivity contribution in [1.29, 1.82) is 0 Å². The molecule has 0 aliphatic heterocycles. The van der Waals surface area contributed by atoms with Crippen LogP contribution >= 0.6 is 25.3 Å². The van der Waals surface area contributed by atoms with E-state index < -0.39 is 22.9 Å². The molecular weight excluding hydrogens is 423 g/mol. The van der Waals surface area contributed by atoms with Crippen LogP contribution in [0.3, 0.4) is 0 Å². The Morgan fingerprint density at radius 3 is 2.72 bits per heavy atom. The zero-order chi connectivity index (χ0) is 20.9. The van der Waals surface area contributed by atoms with Crippen LogP contribution in [-0.2, 0) is 13.0 Å². The van der Waals surface area contributed by atoms with Crippen LogP contribution in [0, 0.1) is 5.82 Å². The normalized spacial score (nSPS) is 12.5. The number of thiol groups is 2. The third-order valence-electron chi connectivity index (χ3n) is 4.29. The molecule has 3 aromatic heterocycles. The number of benzene rings is 1. The Balaban J connectivity index is 1.95. The second kappa shape index (κ2) is 7.10. The molecule has 0 saturated heterocycles. The van der Waals surface area contributed by atoms with Crippen molar-refractivity contribution in [3.63, 3.8) is 0 Å². The first kappa shape index (κ1) is 19.8. The van der Waals surface area contributed by atoms with Crippen LogP contribution in [0.25, 0.3) is 27.7 Å². The first-order valence-corrected chi connectivity index (χ1v) is 9.41. The summed E-state index contributed by atoms with van der Waals surface area (Å²) in [5.41, 5.74) is 8.09. The number of nitrogens with two attached hydrogens (primary N) is 1. The molecule has 0 aliphatic rings. The van der Waals surface area contributed by atoms with Gasteiger partial charge in [0.15, 0.2) is 5.82 Å². The van der Waals surface area contributed by atoms with E-state index in [9.17, 15) is 13.2 Å². The Hall–Kier alpha value is -2.47. The summed E-state index contributed by atoms with van der Waals surface area (Å²) in [5.74, 6) is -0.576. The van der Waals surface area contributed by atoms with Crippen molar-refractivity contribution >= 4 is 47.8 Å². The van der Waals surface area contributed by atoms with Crippen molar-refractivity contribution in [2.45, 2.75) is 30.4 Å². The standard InChI is InChI=1S/C17H16F3N7S2/c1-17(28,29)5-11-15-14(9(18)6-27(15)24-16(21)22-11)8-2-3-10-12(4-8)26(25-23-10)7-13(19)20/h2-4,6,13,28-29H,5,7H2,1H3,(H2,21,24). The molecule has 0 saturated carbocycles. The Kier molecular flexibility index (Phi) is 4.85. The molecule has 1 aromatic carbocycles. The Morgan fingerprint density at radius 1 is 1.28 bits per heavy atom. The minimum atomic E-state index is -2.60. The van der Waals surface area contributed by atoms with E-state index in [4.69, 9.17) is 5.73 Å². The summed E-state index contributed by atoms with van der Waals surface area (Å²) in [4.78, 5) is 4.25. The second-order valence-corrected chi connectivity index (χ2v) is 9.15. The van der Waals surface area contributed by atoms with Crippen molar-refractivity contribution < 1.29 is 13.2 Å². The van der Waals surface area contributed by atoms with E-state index in [0.717, 1.165) is 4.68 Å². The van der Waals surface area contributed by atoms with Crippen molar-refractivity contribution in [1.82, 2.24) is 29.6 Å². The van der Waals surface area contributed by atoms with Crippen LogP contribution in [0.2, 0.25) is 0 Å². The van der Waals surface area contributed by atoms with Gasteiger partial charge in [-0.25, -0.2) is 27.4 Å². The van der Waals surface area contributed by atoms with Crippen LogP contribution < -0.4 is 5.73 Å². The summed E-state index contributed by atoms with van der Waals surface area (Å²) in [6.45, 7) is 1.16. The fourth-order valence-corrected chi connectivity index (χ4v) is 3.54. The smallest absolute Gasteiger partial charge is 0.258 e. The average molecular weight is 439 g/mol. The number of halogens is 3. The molecule has 4 rings (SSSR count). The van der Waals surface area contributed by atoms with Gasteiger partial charge in [-0.15, -0.1) is 10.2 Å². The van der Waals surface area contributed by atoms with Crippen molar-refractivity contribution in [3.05, 3.63) is 35.9 Å². The third kappa shape index (κ3) is 3.86. The van der Waals surface area contributed by atoms with E-state index >= 15 is 0 Å². The second-order valence-electron chi connectivity index (χ2n) is 6.82. The van der Waals surface area contributed by atoms with Crippen LogP contribution in [0.5, 0.6) is 0 Å². The van der Waals surface area contributed by atoms with Gasteiger partial charge in [0, 0.05) is 12.0 Å². The number of aromatic nitrogens is 6. The van der Waals surface area contributed by atoms with Gasteiger partial charge in [0.2, 0.25) is 5.95 Å². The maximum Gasteiger partial charge on any atom is 0.258 e. The SMILES string of the molecule is CC(S)(S)Cc1nc(N)nn2cc(F)c(-c3ccc4nnn(CC(F)F)c4c3)c12. The lowest BCUT2D eigenvalue weighted by molar-refractivity contribution is 0.122. The number of rotatable bonds is 5. The summed E-state index contributed by atoms with van der Waals surface area (Å²) in [6.07, 6.45) is -1.12. The number of fused-ring (bicyclic) bond motifs is 2. The van der Waals surface area contributed by atoms with Crippen LogP contribution in [0.1, 0.15) is 12.6 Å². The minimum Gasteiger partial charge on any atom is -0.367 e. The minimum absolute atomic E-state index is 0.0189. The van der Waals surface area contributed by atoms with E-state index in [1.165, 1.54) is 10.7 Å². The Labute approximate surface area is 173 Å². The molecule has 0 atom stereocenters. The first-order chi connectivity index (χ1) is 13.6. The number of nitrogens with zero attached hydrogens (tertiary/aromatic N) is 6.